The molecule has 2 aromatic carbocycles. The van der Waals surface area contributed by atoms with Crippen LogP contribution in [0.3, 0.4) is 0 Å². The molecule has 31 heavy (non-hydrogen) atoms. The van der Waals surface area contributed by atoms with Crippen molar-refractivity contribution in [2.45, 2.75) is 11.8 Å². The molecule has 0 spiro atoms. The van der Waals surface area contributed by atoms with Crippen LogP contribution < -0.4 is 15.4 Å². The summed E-state index contributed by atoms with van der Waals surface area (Å²) in [7, 11) is -2.00. The van der Waals surface area contributed by atoms with Crippen LogP contribution in [0.15, 0.2) is 78.2 Å². The number of aryl methyl sites for hydroxylation is 1. The van der Waals surface area contributed by atoms with Crippen molar-refractivity contribution in [3.05, 3.63) is 79.1 Å². The molecule has 0 amide bonds. The SMILES string of the molecule is Cc1nccn1-c1ccc(Nc2cc(N(C)c3cccc(S(N)(=O)=O)c3)ncn2)cc1. The minimum atomic E-state index is -3.79. The van der Waals surface area contributed by atoms with Crippen molar-refractivity contribution >= 4 is 33.0 Å². The first-order valence-corrected chi connectivity index (χ1v) is 10.9. The van der Waals surface area contributed by atoms with Gasteiger partial charge in [0.05, 0.1) is 4.90 Å². The number of hydrogen-bond acceptors (Lipinski definition) is 7. The monoisotopic (exact) mass is 435 g/mol. The number of rotatable bonds is 6. The van der Waals surface area contributed by atoms with Crippen molar-refractivity contribution < 1.29 is 8.42 Å². The van der Waals surface area contributed by atoms with Gasteiger partial charge in [-0.05, 0) is 49.4 Å². The number of imidazole rings is 1. The van der Waals surface area contributed by atoms with Gasteiger partial charge in [0.2, 0.25) is 10.0 Å². The zero-order valence-corrected chi connectivity index (χ0v) is 17.8. The van der Waals surface area contributed by atoms with E-state index in [2.05, 4.69) is 20.3 Å². The summed E-state index contributed by atoms with van der Waals surface area (Å²) in [6, 6.07) is 16.0. The Labute approximate surface area is 180 Å². The molecule has 0 aliphatic rings. The largest absolute Gasteiger partial charge is 0.340 e. The summed E-state index contributed by atoms with van der Waals surface area (Å²) < 4.78 is 25.3. The second kappa shape index (κ2) is 8.17. The third kappa shape index (κ3) is 4.55. The predicted octanol–water partition coefficient (Wildman–Crippen LogP) is 3.13. The molecule has 0 radical (unpaired) electrons. The number of benzene rings is 2. The summed E-state index contributed by atoms with van der Waals surface area (Å²) in [6.07, 6.45) is 5.12. The van der Waals surface area contributed by atoms with Crippen molar-refractivity contribution in [3.8, 4) is 5.69 Å². The molecular formula is C21H21N7O2S. The lowest BCUT2D eigenvalue weighted by Crippen LogP contribution is -2.15. The van der Waals surface area contributed by atoms with E-state index in [0.717, 1.165) is 17.2 Å². The third-order valence-corrected chi connectivity index (χ3v) is 5.68. The second-order valence-corrected chi connectivity index (χ2v) is 8.44. The number of sulfonamides is 1. The van der Waals surface area contributed by atoms with Gasteiger partial charge in [0.25, 0.3) is 0 Å². The summed E-state index contributed by atoms with van der Waals surface area (Å²) in [5.41, 5.74) is 2.51. The molecular weight excluding hydrogens is 414 g/mol. The predicted molar refractivity (Wildman–Crippen MR) is 119 cm³/mol. The fourth-order valence-corrected chi connectivity index (χ4v) is 3.66. The highest BCUT2D eigenvalue weighted by Crippen LogP contribution is 2.26. The van der Waals surface area contributed by atoms with Gasteiger partial charge in [-0.3, -0.25) is 0 Å². The molecule has 4 rings (SSSR count). The Morgan fingerprint density at radius 1 is 1.03 bits per heavy atom. The molecule has 0 aliphatic carbocycles. The lowest BCUT2D eigenvalue weighted by molar-refractivity contribution is 0.598. The van der Waals surface area contributed by atoms with Crippen LogP contribution in [0.2, 0.25) is 0 Å². The molecule has 158 valence electrons. The van der Waals surface area contributed by atoms with Crippen LogP contribution >= 0.6 is 0 Å². The van der Waals surface area contributed by atoms with Gasteiger partial charge >= 0.3 is 0 Å². The quantitative estimate of drug-likeness (QED) is 0.477. The zero-order chi connectivity index (χ0) is 22.0. The number of nitrogens with two attached hydrogens (primary N) is 1. The van der Waals surface area contributed by atoms with Crippen LogP contribution in [-0.4, -0.2) is 35.0 Å². The smallest absolute Gasteiger partial charge is 0.238 e. The van der Waals surface area contributed by atoms with Gasteiger partial charge in [-0.2, -0.15) is 0 Å². The summed E-state index contributed by atoms with van der Waals surface area (Å²) in [4.78, 5) is 14.6. The van der Waals surface area contributed by atoms with Crippen LogP contribution in [0.5, 0.6) is 0 Å². The van der Waals surface area contributed by atoms with Crippen molar-refractivity contribution in [3.63, 3.8) is 0 Å². The van der Waals surface area contributed by atoms with E-state index in [4.69, 9.17) is 5.14 Å². The topological polar surface area (TPSA) is 119 Å². The lowest BCUT2D eigenvalue weighted by atomic mass is 10.2. The molecule has 4 aromatic rings. The number of anilines is 4. The normalized spacial score (nSPS) is 11.3. The highest BCUT2D eigenvalue weighted by molar-refractivity contribution is 7.89. The minimum Gasteiger partial charge on any atom is -0.340 e. The van der Waals surface area contributed by atoms with Gasteiger partial charge in [-0.1, -0.05) is 6.07 Å². The molecule has 2 aromatic heterocycles. The maximum absolute atomic E-state index is 11.6. The summed E-state index contributed by atoms with van der Waals surface area (Å²) in [6.45, 7) is 1.95. The Morgan fingerprint density at radius 2 is 1.81 bits per heavy atom. The number of aromatic nitrogens is 4. The Kier molecular flexibility index (Phi) is 5.40. The Morgan fingerprint density at radius 3 is 2.48 bits per heavy atom. The Hall–Kier alpha value is -3.76. The molecule has 0 bridgehead atoms. The molecule has 0 unspecified atom stereocenters. The van der Waals surface area contributed by atoms with Gasteiger partial charge in [-0.15, -0.1) is 0 Å². The molecule has 2 heterocycles. The van der Waals surface area contributed by atoms with Crippen LogP contribution in [0, 0.1) is 6.92 Å². The standard InChI is InChI=1S/C21H21N7O2S/c1-15-23-10-11-28(15)17-8-6-16(7-9-17)26-20-13-21(25-14-24-20)27(2)18-4-3-5-19(12-18)31(22,29)30/h3-14H,1-2H3,(H2,22,29,30)(H,24,25,26). The maximum Gasteiger partial charge on any atom is 0.238 e. The first kappa shape index (κ1) is 20.5. The summed E-state index contributed by atoms with van der Waals surface area (Å²) in [5, 5.41) is 8.49. The highest BCUT2D eigenvalue weighted by Gasteiger charge is 2.12. The van der Waals surface area contributed by atoms with Gasteiger partial charge < -0.3 is 14.8 Å². The van der Waals surface area contributed by atoms with E-state index in [-0.39, 0.29) is 4.90 Å². The van der Waals surface area contributed by atoms with Crippen LogP contribution in [-0.2, 0) is 10.0 Å². The van der Waals surface area contributed by atoms with Gasteiger partial charge in [0.15, 0.2) is 0 Å². The highest BCUT2D eigenvalue weighted by atomic mass is 32.2. The summed E-state index contributed by atoms with van der Waals surface area (Å²) >= 11 is 0. The van der Waals surface area contributed by atoms with E-state index < -0.39 is 10.0 Å². The lowest BCUT2D eigenvalue weighted by Gasteiger charge is -2.19. The van der Waals surface area contributed by atoms with Crippen LogP contribution in [0.25, 0.3) is 5.69 Å². The molecule has 0 atom stereocenters. The fraction of sp³-hybridized carbons (Fsp3) is 0.0952. The van der Waals surface area contributed by atoms with E-state index in [1.165, 1.54) is 18.5 Å². The third-order valence-electron chi connectivity index (χ3n) is 4.77. The van der Waals surface area contributed by atoms with E-state index in [0.29, 0.717) is 17.3 Å². The maximum atomic E-state index is 11.6. The number of nitrogens with one attached hydrogen (secondary N) is 1. The minimum absolute atomic E-state index is 0.0393. The molecule has 10 heteroatoms. The number of nitrogens with zero attached hydrogens (tertiary/aromatic N) is 5. The van der Waals surface area contributed by atoms with Crippen molar-refractivity contribution in [1.29, 1.82) is 0 Å². The van der Waals surface area contributed by atoms with Crippen molar-refractivity contribution in [2.24, 2.45) is 5.14 Å². The summed E-state index contributed by atoms with van der Waals surface area (Å²) in [5.74, 6) is 2.11. The first-order valence-electron chi connectivity index (χ1n) is 9.37. The van der Waals surface area contributed by atoms with Gasteiger partial charge in [-0.25, -0.2) is 28.5 Å². The average molecular weight is 436 g/mol. The van der Waals surface area contributed by atoms with E-state index in [1.54, 1.807) is 36.3 Å². The van der Waals surface area contributed by atoms with Gasteiger partial charge in [0.1, 0.15) is 23.8 Å². The van der Waals surface area contributed by atoms with E-state index in [1.807, 2.05) is 42.0 Å². The van der Waals surface area contributed by atoms with Crippen molar-refractivity contribution in [1.82, 2.24) is 19.5 Å². The van der Waals surface area contributed by atoms with E-state index >= 15 is 0 Å². The zero-order valence-electron chi connectivity index (χ0n) is 17.0. The average Bonchev–Trinajstić information content (AvgIpc) is 3.19. The number of primary sulfonamides is 1. The Balaban J connectivity index is 1.54. The second-order valence-electron chi connectivity index (χ2n) is 6.88. The first-order chi connectivity index (χ1) is 14.8. The molecule has 9 nitrogen and oxygen atoms in total. The fourth-order valence-electron chi connectivity index (χ4n) is 3.10. The molecule has 3 N–H and O–H groups in total. The van der Waals surface area contributed by atoms with Gasteiger partial charge in [0, 0.05) is 42.6 Å². The van der Waals surface area contributed by atoms with Crippen LogP contribution in [0.1, 0.15) is 5.82 Å². The number of hydrogen-bond donors (Lipinski definition) is 2. The molecule has 0 saturated carbocycles. The van der Waals surface area contributed by atoms with Crippen molar-refractivity contribution in [2.75, 3.05) is 17.3 Å². The van der Waals surface area contributed by atoms with E-state index in [9.17, 15) is 8.42 Å². The molecule has 0 saturated heterocycles. The Bertz CT molecular complexity index is 1320. The molecule has 0 fully saturated rings. The molecule has 0 aliphatic heterocycles. The van der Waals surface area contributed by atoms with Crippen LogP contribution in [0.4, 0.5) is 23.0 Å².